The zero-order chi connectivity index (χ0) is 12.7. The van der Waals surface area contributed by atoms with E-state index in [0.717, 1.165) is 0 Å². The Morgan fingerprint density at radius 3 is 3.00 bits per heavy atom. The van der Waals surface area contributed by atoms with Crippen molar-refractivity contribution in [2.24, 2.45) is 5.16 Å². The van der Waals surface area contributed by atoms with Gasteiger partial charge < -0.3 is 15.3 Å². The average molecular weight is 257 g/mol. The van der Waals surface area contributed by atoms with Crippen molar-refractivity contribution in [1.82, 2.24) is 4.98 Å². The van der Waals surface area contributed by atoms with Crippen molar-refractivity contribution >= 4 is 34.4 Å². The molecule has 92 valence electrons. The number of ether oxygens (including phenoxy) is 1. The smallest absolute Gasteiger partial charge is 0.347 e. The summed E-state index contributed by atoms with van der Waals surface area (Å²) >= 11 is 1.18. The molecule has 0 bridgehead atoms. The molecule has 0 saturated heterocycles. The summed E-state index contributed by atoms with van der Waals surface area (Å²) in [7, 11) is 0. The molecule has 0 aliphatic rings. The topological polar surface area (TPSA) is 104 Å². The van der Waals surface area contributed by atoms with Crippen molar-refractivity contribution in [3.63, 3.8) is 0 Å². The largest absolute Gasteiger partial charge is 0.463 e. The molecule has 1 aromatic rings. The molecule has 1 rings (SSSR count). The number of aldehydes is 1. The maximum atomic E-state index is 10.9. The molecule has 0 radical (unpaired) electrons. The highest BCUT2D eigenvalue weighted by Crippen LogP contribution is 2.11. The number of hydrogen-bond acceptors (Lipinski definition) is 8. The minimum absolute atomic E-state index is 0.0257. The molecule has 0 atom stereocenters. The number of oxime groups is 1. The lowest BCUT2D eigenvalue weighted by Gasteiger charge is -2.00. The maximum Gasteiger partial charge on any atom is 0.347 e. The Morgan fingerprint density at radius 2 is 2.47 bits per heavy atom. The van der Waals surface area contributed by atoms with Gasteiger partial charge in [-0.3, -0.25) is 4.79 Å². The third kappa shape index (κ3) is 4.19. The molecule has 8 heteroatoms. The number of thiazole rings is 1. The second-order valence-corrected chi connectivity index (χ2v) is 3.63. The normalized spacial score (nSPS) is 11.0. The maximum absolute atomic E-state index is 10.9. The van der Waals surface area contributed by atoms with Crippen molar-refractivity contribution in [1.29, 1.82) is 0 Å². The van der Waals surface area contributed by atoms with Crippen LogP contribution < -0.4 is 5.73 Å². The van der Waals surface area contributed by atoms with E-state index in [0.29, 0.717) is 17.1 Å². The van der Waals surface area contributed by atoms with Crippen LogP contribution in [0.15, 0.2) is 10.5 Å². The Labute approximate surface area is 101 Å². The number of hydrogen-bond donors (Lipinski definition) is 1. The van der Waals surface area contributed by atoms with Crippen LogP contribution in [0.2, 0.25) is 0 Å². The van der Waals surface area contributed by atoms with E-state index in [1.165, 1.54) is 11.3 Å². The van der Waals surface area contributed by atoms with Crippen LogP contribution in [0.1, 0.15) is 12.6 Å². The van der Waals surface area contributed by atoms with E-state index in [2.05, 4.69) is 19.7 Å². The van der Waals surface area contributed by atoms with Gasteiger partial charge in [-0.25, -0.2) is 9.78 Å². The first-order valence-corrected chi connectivity index (χ1v) is 5.57. The third-order valence-electron chi connectivity index (χ3n) is 1.55. The van der Waals surface area contributed by atoms with Crippen LogP contribution in [0.4, 0.5) is 5.13 Å². The van der Waals surface area contributed by atoms with Gasteiger partial charge in [0.25, 0.3) is 0 Å². The Hall–Kier alpha value is -1.96. The van der Waals surface area contributed by atoms with Crippen molar-refractivity contribution in [3.8, 4) is 0 Å². The number of esters is 1. The molecule has 2 N–H and O–H groups in total. The number of nitrogen functional groups attached to an aromatic ring is 1. The zero-order valence-corrected chi connectivity index (χ0v) is 9.90. The van der Waals surface area contributed by atoms with Gasteiger partial charge in [0, 0.05) is 5.38 Å². The van der Waals surface area contributed by atoms with Gasteiger partial charge >= 0.3 is 5.97 Å². The Balaban J connectivity index is 2.56. The van der Waals surface area contributed by atoms with E-state index in [4.69, 9.17) is 5.73 Å². The molecule has 0 aromatic carbocycles. The minimum atomic E-state index is -0.556. The highest BCUT2D eigenvalue weighted by molar-refractivity contribution is 7.13. The highest BCUT2D eigenvalue weighted by Gasteiger charge is 2.08. The second kappa shape index (κ2) is 6.59. The van der Waals surface area contributed by atoms with E-state index in [1.807, 2.05) is 0 Å². The fourth-order valence-electron chi connectivity index (χ4n) is 0.891. The van der Waals surface area contributed by atoms with E-state index >= 15 is 0 Å². The minimum Gasteiger partial charge on any atom is -0.463 e. The third-order valence-corrected chi connectivity index (χ3v) is 2.22. The Kier molecular flexibility index (Phi) is 5.08. The van der Waals surface area contributed by atoms with Gasteiger partial charge in [0.15, 0.2) is 17.1 Å². The lowest BCUT2D eigenvalue weighted by atomic mass is 10.3. The summed E-state index contributed by atoms with van der Waals surface area (Å²) in [5.41, 5.74) is 5.69. The lowest BCUT2D eigenvalue weighted by Crippen LogP contribution is -2.12. The van der Waals surface area contributed by atoms with Crippen LogP contribution in [0.25, 0.3) is 0 Å². The van der Waals surface area contributed by atoms with Crippen molar-refractivity contribution < 1.29 is 19.2 Å². The van der Waals surface area contributed by atoms with Gasteiger partial charge in [-0.15, -0.1) is 11.3 Å². The highest BCUT2D eigenvalue weighted by atomic mass is 32.1. The molecule has 0 spiro atoms. The standard InChI is InChI=1S/C9H11N3O4S/c1-2-15-8(14)4-16-12-6(3-13)7-5-17-9(10)11-7/h3,5H,2,4H2,1H3,(H2,10,11)/b12-6-. The van der Waals surface area contributed by atoms with Crippen molar-refractivity contribution in [2.45, 2.75) is 6.92 Å². The van der Waals surface area contributed by atoms with Gasteiger partial charge in [-0.1, -0.05) is 5.16 Å². The van der Waals surface area contributed by atoms with Gasteiger partial charge in [0.1, 0.15) is 5.69 Å². The van der Waals surface area contributed by atoms with E-state index in [1.54, 1.807) is 12.3 Å². The molecule has 0 amide bonds. The van der Waals surface area contributed by atoms with Crippen molar-refractivity contribution in [2.75, 3.05) is 18.9 Å². The van der Waals surface area contributed by atoms with E-state index in [-0.39, 0.29) is 18.9 Å². The predicted octanol–water partition coefficient (Wildman–Crippen LogP) is 0.208. The van der Waals surface area contributed by atoms with Crippen molar-refractivity contribution in [3.05, 3.63) is 11.1 Å². The van der Waals surface area contributed by atoms with Gasteiger partial charge in [-0.2, -0.15) is 0 Å². The Morgan fingerprint density at radius 1 is 1.71 bits per heavy atom. The first kappa shape index (κ1) is 13.1. The van der Waals surface area contributed by atoms with Gasteiger partial charge in [0.2, 0.25) is 6.61 Å². The van der Waals surface area contributed by atoms with Crippen LogP contribution in [-0.4, -0.2) is 36.2 Å². The quantitative estimate of drug-likeness (QED) is 0.338. The van der Waals surface area contributed by atoms with Crippen LogP contribution >= 0.6 is 11.3 Å². The number of aromatic nitrogens is 1. The molecule has 17 heavy (non-hydrogen) atoms. The van der Waals surface area contributed by atoms with Gasteiger partial charge in [-0.05, 0) is 6.92 Å². The number of carbonyl (C=O) groups excluding carboxylic acids is 2. The van der Waals surface area contributed by atoms with E-state index in [9.17, 15) is 9.59 Å². The number of rotatable bonds is 6. The molecule has 0 fully saturated rings. The number of nitrogens with two attached hydrogens (primary N) is 1. The lowest BCUT2D eigenvalue weighted by molar-refractivity contribution is -0.148. The van der Waals surface area contributed by atoms with Crippen LogP contribution in [-0.2, 0) is 19.2 Å². The first-order valence-electron chi connectivity index (χ1n) is 4.69. The number of anilines is 1. The summed E-state index contributed by atoms with van der Waals surface area (Å²) in [6.07, 6.45) is 0.472. The molecular formula is C9H11N3O4S. The summed E-state index contributed by atoms with van der Waals surface area (Å²) in [4.78, 5) is 30.2. The second-order valence-electron chi connectivity index (χ2n) is 2.74. The van der Waals surface area contributed by atoms with Crippen LogP contribution in [0, 0.1) is 0 Å². The van der Waals surface area contributed by atoms with Crippen LogP contribution in [0.5, 0.6) is 0 Å². The fourth-order valence-corrected chi connectivity index (χ4v) is 1.45. The number of nitrogens with zero attached hydrogens (tertiary/aromatic N) is 2. The summed E-state index contributed by atoms with van der Waals surface area (Å²) < 4.78 is 4.61. The number of carbonyl (C=O) groups is 2. The monoisotopic (exact) mass is 257 g/mol. The van der Waals surface area contributed by atoms with E-state index < -0.39 is 5.97 Å². The molecule has 1 heterocycles. The molecule has 7 nitrogen and oxygen atoms in total. The zero-order valence-electron chi connectivity index (χ0n) is 9.08. The molecular weight excluding hydrogens is 246 g/mol. The first-order chi connectivity index (χ1) is 8.17. The molecule has 0 unspecified atom stereocenters. The summed E-state index contributed by atoms with van der Waals surface area (Å²) in [5.74, 6) is -0.556. The Bertz CT molecular complexity index is 430. The summed E-state index contributed by atoms with van der Waals surface area (Å²) in [5, 5.41) is 5.37. The van der Waals surface area contributed by atoms with Crippen LogP contribution in [0.3, 0.4) is 0 Å². The SMILES string of the molecule is CCOC(=O)CO/N=C(/C=O)c1csc(N)n1. The fraction of sp³-hybridized carbons (Fsp3) is 0.333. The van der Waals surface area contributed by atoms with Gasteiger partial charge in [0.05, 0.1) is 6.61 Å². The molecule has 0 aliphatic carbocycles. The average Bonchev–Trinajstić information content (AvgIpc) is 2.71. The summed E-state index contributed by atoms with van der Waals surface area (Å²) in [6, 6.07) is 0. The molecule has 0 saturated carbocycles. The molecule has 0 aliphatic heterocycles. The molecule has 1 aromatic heterocycles. The summed E-state index contributed by atoms with van der Waals surface area (Å²) in [6.45, 7) is 1.58. The predicted molar refractivity (Wildman–Crippen MR) is 61.7 cm³/mol.